The number of para-hydroxylation sites is 1. The van der Waals surface area contributed by atoms with Gasteiger partial charge in [0.05, 0.1) is 5.56 Å². The number of likely N-dealkylation sites (tertiary alicyclic amines) is 1. The molecule has 2 unspecified atom stereocenters. The molecule has 5 rings (SSSR count). The second-order valence-corrected chi connectivity index (χ2v) is 8.10. The lowest BCUT2D eigenvalue weighted by Gasteiger charge is -2.25. The Balaban J connectivity index is 1.32. The van der Waals surface area contributed by atoms with Gasteiger partial charge in [-0.25, -0.2) is 0 Å². The van der Waals surface area contributed by atoms with Gasteiger partial charge in [-0.05, 0) is 35.4 Å². The summed E-state index contributed by atoms with van der Waals surface area (Å²) in [6, 6.07) is 11.2. The quantitative estimate of drug-likeness (QED) is 0.742. The van der Waals surface area contributed by atoms with Crippen LogP contribution in [0.5, 0.6) is 0 Å². The maximum absolute atomic E-state index is 12.7. The van der Waals surface area contributed by atoms with Crippen LogP contribution in [-0.2, 0) is 13.0 Å². The zero-order valence-corrected chi connectivity index (χ0v) is 15.9. The number of hydrogen-bond acceptors (Lipinski definition) is 5. The molecule has 2 amide bonds. The van der Waals surface area contributed by atoms with Gasteiger partial charge >= 0.3 is 0 Å². The Morgan fingerprint density at radius 2 is 1.86 bits per heavy atom. The van der Waals surface area contributed by atoms with E-state index in [1.165, 1.54) is 11.3 Å². The summed E-state index contributed by atoms with van der Waals surface area (Å²) in [6.45, 7) is 2.10. The summed E-state index contributed by atoms with van der Waals surface area (Å²) in [7, 11) is 0. The number of anilines is 1. The molecule has 2 aliphatic heterocycles. The van der Waals surface area contributed by atoms with Gasteiger partial charge in [-0.3, -0.25) is 9.59 Å². The van der Waals surface area contributed by atoms with Crippen LogP contribution >= 0.6 is 11.3 Å². The zero-order chi connectivity index (χ0) is 19.1. The summed E-state index contributed by atoms with van der Waals surface area (Å²) in [5.41, 5.74) is 1.48. The van der Waals surface area contributed by atoms with Crippen molar-refractivity contribution in [3.05, 3.63) is 64.4 Å². The minimum atomic E-state index is -0.257. The van der Waals surface area contributed by atoms with Crippen molar-refractivity contribution in [2.24, 2.45) is 11.8 Å². The molecule has 1 fully saturated rings. The highest BCUT2D eigenvalue weighted by Gasteiger charge is 2.40. The third-order valence-electron chi connectivity index (χ3n) is 5.56. The second-order valence-electron chi connectivity index (χ2n) is 7.32. The highest BCUT2D eigenvalue weighted by molar-refractivity contribution is 7.08. The van der Waals surface area contributed by atoms with Gasteiger partial charge in [0.15, 0.2) is 0 Å². The molecule has 0 saturated carbocycles. The number of aromatic nitrogens is 3. The zero-order valence-electron chi connectivity index (χ0n) is 15.1. The average molecular weight is 393 g/mol. The number of thiophene rings is 1. The molecule has 0 spiro atoms. The van der Waals surface area contributed by atoms with E-state index in [9.17, 15) is 9.59 Å². The molecule has 7 nitrogen and oxygen atoms in total. The molecule has 28 heavy (non-hydrogen) atoms. The molecule has 0 aliphatic carbocycles. The topological polar surface area (TPSA) is 80.1 Å². The van der Waals surface area contributed by atoms with E-state index in [4.69, 9.17) is 0 Å². The van der Waals surface area contributed by atoms with E-state index in [1.54, 1.807) is 0 Å². The van der Waals surface area contributed by atoms with Gasteiger partial charge in [0.25, 0.3) is 11.8 Å². The maximum atomic E-state index is 12.7. The number of benzene rings is 1. The van der Waals surface area contributed by atoms with Crippen molar-refractivity contribution in [3.8, 4) is 0 Å². The molecule has 2 aliphatic rings. The summed E-state index contributed by atoms with van der Waals surface area (Å²) in [5, 5.41) is 15.1. The van der Waals surface area contributed by atoms with Gasteiger partial charge in [0.2, 0.25) is 5.82 Å². The van der Waals surface area contributed by atoms with Gasteiger partial charge in [0, 0.05) is 37.1 Å². The first-order chi connectivity index (χ1) is 13.7. The summed E-state index contributed by atoms with van der Waals surface area (Å²) in [4.78, 5) is 27.3. The van der Waals surface area contributed by atoms with Crippen LogP contribution in [-0.4, -0.2) is 44.6 Å². The van der Waals surface area contributed by atoms with Gasteiger partial charge in [-0.1, -0.05) is 18.2 Å². The number of nitrogens with zero attached hydrogens (tertiary/aromatic N) is 4. The molecule has 2 aromatic heterocycles. The first-order valence-corrected chi connectivity index (χ1v) is 10.2. The van der Waals surface area contributed by atoms with Crippen molar-refractivity contribution in [1.82, 2.24) is 19.7 Å². The van der Waals surface area contributed by atoms with Crippen LogP contribution in [0.25, 0.3) is 0 Å². The van der Waals surface area contributed by atoms with Crippen molar-refractivity contribution in [2.75, 3.05) is 18.4 Å². The normalized spacial score (nSPS) is 20.5. The van der Waals surface area contributed by atoms with E-state index < -0.39 is 0 Å². The lowest BCUT2D eigenvalue weighted by Crippen LogP contribution is -2.31. The van der Waals surface area contributed by atoms with Crippen molar-refractivity contribution >= 4 is 28.8 Å². The Hall–Kier alpha value is -3.00. The molecule has 1 N–H and O–H groups in total. The summed E-state index contributed by atoms with van der Waals surface area (Å²) in [6.07, 6.45) is 0.740. The highest BCUT2D eigenvalue weighted by atomic mass is 32.1. The number of nitrogens with one attached hydrogen (secondary N) is 1. The molecule has 1 aromatic carbocycles. The molecular formula is C20H19N5O2S. The number of amides is 2. The Labute approximate surface area is 166 Å². The largest absolute Gasteiger partial charge is 0.338 e. The van der Waals surface area contributed by atoms with Crippen LogP contribution in [0.4, 0.5) is 5.69 Å². The lowest BCUT2D eigenvalue weighted by molar-refractivity contribution is 0.0783. The summed E-state index contributed by atoms with van der Waals surface area (Å²) in [5.74, 6) is 1.67. The first kappa shape index (κ1) is 17.1. The molecule has 4 heterocycles. The van der Waals surface area contributed by atoms with E-state index in [2.05, 4.69) is 15.5 Å². The standard InChI is InChI=1S/C20H19N5O2S/c26-19(21-16-4-2-1-3-5-16)18-23-22-17-8-14-9-24(10-15(14)11-25(17)18)20(27)13-6-7-28-12-13/h1-7,12,14-15H,8-11H2,(H,21,26). The van der Waals surface area contributed by atoms with E-state index in [1.807, 2.05) is 56.6 Å². The minimum Gasteiger partial charge on any atom is -0.338 e. The number of hydrogen-bond donors (Lipinski definition) is 1. The van der Waals surface area contributed by atoms with E-state index in [0.717, 1.165) is 30.0 Å². The third kappa shape index (κ3) is 2.99. The minimum absolute atomic E-state index is 0.0912. The van der Waals surface area contributed by atoms with Crippen molar-refractivity contribution in [1.29, 1.82) is 0 Å². The molecule has 1 saturated heterocycles. The van der Waals surface area contributed by atoms with E-state index in [0.29, 0.717) is 30.7 Å². The van der Waals surface area contributed by atoms with Gasteiger partial charge < -0.3 is 14.8 Å². The van der Waals surface area contributed by atoms with Crippen molar-refractivity contribution in [2.45, 2.75) is 13.0 Å². The third-order valence-corrected chi connectivity index (χ3v) is 6.24. The van der Waals surface area contributed by atoms with Crippen LogP contribution in [0.15, 0.2) is 47.2 Å². The van der Waals surface area contributed by atoms with Crippen LogP contribution in [0, 0.1) is 11.8 Å². The van der Waals surface area contributed by atoms with Gasteiger partial charge in [0.1, 0.15) is 5.82 Å². The average Bonchev–Trinajstić information content (AvgIpc) is 3.45. The van der Waals surface area contributed by atoms with E-state index >= 15 is 0 Å². The molecule has 8 heteroatoms. The second kappa shape index (κ2) is 6.87. The maximum Gasteiger partial charge on any atom is 0.293 e. The summed E-state index contributed by atoms with van der Waals surface area (Å²) < 4.78 is 1.91. The van der Waals surface area contributed by atoms with Gasteiger partial charge in [-0.2, -0.15) is 11.3 Å². The molecule has 3 aromatic rings. The highest BCUT2D eigenvalue weighted by Crippen LogP contribution is 2.33. The lowest BCUT2D eigenvalue weighted by atomic mass is 9.89. The van der Waals surface area contributed by atoms with Gasteiger partial charge in [-0.15, -0.1) is 10.2 Å². The monoisotopic (exact) mass is 393 g/mol. The molecule has 2 atom stereocenters. The fourth-order valence-corrected chi connectivity index (χ4v) is 4.76. The van der Waals surface area contributed by atoms with Crippen LogP contribution in [0.2, 0.25) is 0 Å². The van der Waals surface area contributed by atoms with Crippen LogP contribution in [0.3, 0.4) is 0 Å². The fourth-order valence-electron chi connectivity index (χ4n) is 4.14. The first-order valence-electron chi connectivity index (χ1n) is 9.29. The van der Waals surface area contributed by atoms with Crippen molar-refractivity contribution < 1.29 is 9.59 Å². The predicted molar refractivity (Wildman–Crippen MR) is 105 cm³/mol. The predicted octanol–water partition coefficient (Wildman–Crippen LogP) is 2.54. The Kier molecular flexibility index (Phi) is 4.20. The Morgan fingerprint density at radius 3 is 2.64 bits per heavy atom. The number of rotatable bonds is 3. The summed E-state index contributed by atoms with van der Waals surface area (Å²) >= 11 is 1.53. The molecule has 0 radical (unpaired) electrons. The van der Waals surface area contributed by atoms with Crippen molar-refractivity contribution in [3.63, 3.8) is 0 Å². The number of carbonyl (C=O) groups is 2. The SMILES string of the molecule is O=C(Nc1ccccc1)c1nnc2n1CC1CN(C(=O)c3ccsc3)CC1C2. The van der Waals surface area contributed by atoms with Crippen LogP contribution < -0.4 is 5.32 Å². The van der Waals surface area contributed by atoms with E-state index in [-0.39, 0.29) is 11.8 Å². The number of carbonyl (C=O) groups excluding carboxylic acids is 2. The Morgan fingerprint density at radius 1 is 1.04 bits per heavy atom. The Bertz CT molecular complexity index is 1010. The number of fused-ring (bicyclic) bond motifs is 2. The molecular weight excluding hydrogens is 374 g/mol. The van der Waals surface area contributed by atoms with Crippen LogP contribution in [0.1, 0.15) is 26.8 Å². The smallest absolute Gasteiger partial charge is 0.293 e. The molecule has 142 valence electrons. The molecule has 0 bridgehead atoms. The fraction of sp³-hybridized carbons (Fsp3) is 0.300.